The highest BCUT2D eigenvalue weighted by Crippen LogP contribution is 2.36. The van der Waals surface area contributed by atoms with E-state index in [2.05, 4.69) is 72.2 Å². The lowest BCUT2D eigenvalue weighted by molar-refractivity contribution is -0.130. The van der Waals surface area contributed by atoms with Gasteiger partial charge in [-0.2, -0.15) is 0 Å². The van der Waals surface area contributed by atoms with Gasteiger partial charge in [-0.05, 0) is 95.4 Å². The van der Waals surface area contributed by atoms with E-state index < -0.39 is 0 Å². The average molecular weight is 831 g/mol. The van der Waals surface area contributed by atoms with Crippen molar-refractivity contribution in [3.63, 3.8) is 0 Å². The van der Waals surface area contributed by atoms with Crippen molar-refractivity contribution in [3.05, 3.63) is 113 Å². The smallest absolute Gasteiger partial charge is 0.254 e. The number of amides is 3. The van der Waals surface area contributed by atoms with Gasteiger partial charge in [-0.1, -0.05) is 88.4 Å². The number of nitrogens with one attached hydrogen (secondary N) is 2. The molecule has 61 heavy (non-hydrogen) atoms. The Labute approximate surface area is 362 Å². The zero-order valence-electron chi connectivity index (χ0n) is 37.6. The van der Waals surface area contributed by atoms with Gasteiger partial charge < -0.3 is 34.6 Å². The molecule has 5 aromatic rings. The third-order valence-electron chi connectivity index (χ3n) is 11.2. The molecule has 326 valence electrons. The maximum atomic E-state index is 14.0. The molecule has 10 nitrogen and oxygen atoms in total. The van der Waals surface area contributed by atoms with E-state index in [4.69, 9.17) is 14.2 Å². The summed E-state index contributed by atoms with van der Waals surface area (Å²) in [4.78, 5) is 42.9. The van der Waals surface area contributed by atoms with E-state index in [1.807, 2.05) is 76.0 Å². The van der Waals surface area contributed by atoms with Gasteiger partial charge in [0, 0.05) is 63.3 Å². The molecule has 10 heteroatoms. The summed E-state index contributed by atoms with van der Waals surface area (Å²) >= 11 is 0. The van der Waals surface area contributed by atoms with Crippen LogP contribution in [-0.4, -0.2) is 81.1 Å². The number of ether oxygens (including phenoxy) is 3. The number of methoxy groups -OCH3 is 2. The Kier molecular flexibility index (Phi) is 17.0. The molecule has 0 aliphatic rings. The van der Waals surface area contributed by atoms with Crippen LogP contribution in [0.3, 0.4) is 0 Å². The van der Waals surface area contributed by atoms with Crippen LogP contribution in [0.25, 0.3) is 21.5 Å². The Morgan fingerprint density at radius 2 is 1.41 bits per heavy atom. The maximum absolute atomic E-state index is 14.0. The van der Waals surface area contributed by atoms with Crippen LogP contribution in [0, 0.1) is 5.41 Å². The summed E-state index contributed by atoms with van der Waals surface area (Å²) < 4.78 is 17.7. The number of benzene rings is 5. The fraction of sp³-hybridized carbons (Fsp3) is 0.431. The highest BCUT2D eigenvalue weighted by molar-refractivity contribution is 6.02. The number of fused-ring (bicyclic) bond motifs is 2. The lowest BCUT2D eigenvalue weighted by Gasteiger charge is -2.30. The van der Waals surface area contributed by atoms with Crippen LogP contribution in [0.5, 0.6) is 17.2 Å². The monoisotopic (exact) mass is 830 g/mol. The normalized spacial score (nSPS) is 11.9. The summed E-state index contributed by atoms with van der Waals surface area (Å²) in [6, 6.07) is 30.4. The van der Waals surface area contributed by atoms with E-state index in [0.29, 0.717) is 61.8 Å². The first kappa shape index (κ1) is 46.5. The van der Waals surface area contributed by atoms with Crippen molar-refractivity contribution in [1.82, 2.24) is 20.4 Å². The molecule has 0 aliphatic heterocycles. The van der Waals surface area contributed by atoms with E-state index in [1.54, 1.807) is 19.1 Å². The van der Waals surface area contributed by atoms with Crippen LogP contribution < -0.4 is 24.8 Å². The third kappa shape index (κ3) is 13.2. The summed E-state index contributed by atoms with van der Waals surface area (Å²) in [6.07, 6.45) is 4.12. The van der Waals surface area contributed by atoms with Crippen LogP contribution in [0.1, 0.15) is 93.8 Å². The van der Waals surface area contributed by atoms with Crippen molar-refractivity contribution in [2.24, 2.45) is 5.41 Å². The van der Waals surface area contributed by atoms with Crippen molar-refractivity contribution in [2.75, 3.05) is 47.5 Å². The zero-order chi connectivity index (χ0) is 43.9. The van der Waals surface area contributed by atoms with E-state index >= 15 is 0 Å². The van der Waals surface area contributed by atoms with Gasteiger partial charge in [-0.15, -0.1) is 0 Å². The highest BCUT2D eigenvalue weighted by Gasteiger charge is 2.25. The van der Waals surface area contributed by atoms with Crippen LogP contribution in [-0.2, 0) is 29.1 Å². The van der Waals surface area contributed by atoms with Gasteiger partial charge in [0.25, 0.3) is 5.91 Å². The fourth-order valence-corrected chi connectivity index (χ4v) is 7.56. The molecule has 0 aromatic heterocycles. The third-order valence-corrected chi connectivity index (χ3v) is 11.2. The Hall–Kier alpha value is -5.61. The quantitative estimate of drug-likeness (QED) is 0.0529. The molecular formula is C51H66N4O6. The number of carbonyl (C=O) groups is 3. The first-order valence-electron chi connectivity index (χ1n) is 21.7. The van der Waals surface area contributed by atoms with Crippen molar-refractivity contribution >= 4 is 39.3 Å². The standard InChI is InChI=1S/C51H66N4O6/c1-9-36(2)55(50(58)38-24-22-37(23-25-38)34-53-48(56)33-51(3,4)5)35-45-46(59-7)31-41(32-47(45)60-8)61-29-15-21-49(57)54(6)28-27-52-26-14-20-44-42-18-12-10-16-39(42)30-40-17-11-13-19-43(40)44/h10-13,16-19,22-25,30-32,36,52H,9,14-15,20-21,26-29,33-35H2,1-8H3,(H,53,56). The van der Waals surface area contributed by atoms with Crippen LogP contribution in [0.15, 0.2) is 91.0 Å². The summed E-state index contributed by atoms with van der Waals surface area (Å²) in [5.74, 6) is 1.62. The second kappa shape index (κ2) is 22.3. The Bertz CT molecular complexity index is 2150. The van der Waals surface area contributed by atoms with E-state index in [1.165, 1.54) is 27.1 Å². The van der Waals surface area contributed by atoms with Crippen LogP contribution in [0.2, 0.25) is 0 Å². The number of aryl methyl sites for hydroxylation is 1. The lowest BCUT2D eigenvalue weighted by Crippen LogP contribution is -2.38. The van der Waals surface area contributed by atoms with Gasteiger partial charge in [-0.25, -0.2) is 0 Å². The summed E-state index contributed by atoms with van der Waals surface area (Å²) in [7, 11) is 5.03. The number of likely N-dealkylation sites (N-methyl/N-ethyl adjacent to an activating group) is 1. The molecule has 1 atom stereocenters. The minimum absolute atomic E-state index is 0.00139. The predicted octanol–water partition coefficient (Wildman–Crippen LogP) is 9.34. The molecule has 0 fully saturated rings. The maximum Gasteiger partial charge on any atom is 0.254 e. The molecule has 0 bridgehead atoms. The SMILES string of the molecule is CCC(C)N(Cc1c(OC)cc(OCCCC(=O)N(C)CCNCCCc2c3ccccc3cc3ccccc23)cc1OC)C(=O)c1ccc(CNC(=O)CC(C)(C)C)cc1. The van der Waals surface area contributed by atoms with Gasteiger partial charge in [0.05, 0.1) is 32.9 Å². The average Bonchev–Trinajstić information content (AvgIpc) is 3.25. The number of hydrogen-bond donors (Lipinski definition) is 2. The van der Waals surface area contributed by atoms with Crippen LogP contribution >= 0.6 is 0 Å². The minimum Gasteiger partial charge on any atom is -0.496 e. The second-order valence-corrected chi connectivity index (χ2v) is 17.1. The molecule has 0 saturated carbocycles. The largest absolute Gasteiger partial charge is 0.496 e. The molecular weight excluding hydrogens is 765 g/mol. The van der Waals surface area contributed by atoms with Gasteiger partial charge >= 0.3 is 0 Å². The topological polar surface area (TPSA) is 109 Å². The Morgan fingerprint density at radius 3 is 2.00 bits per heavy atom. The zero-order valence-corrected chi connectivity index (χ0v) is 37.6. The van der Waals surface area contributed by atoms with E-state index in [9.17, 15) is 14.4 Å². The molecule has 0 aliphatic carbocycles. The lowest BCUT2D eigenvalue weighted by atomic mass is 9.92. The Balaban J connectivity index is 1.08. The van der Waals surface area contributed by atoms with Gasteiger partial charge in [0.1, 0.15) is 17.2 Å². The Morgan fingerprint density at radius 1 is 0.787 bits per heavy atom. The minimum atomic E-state index is -0.113. The number of rotatable bonds is 22. The summed E-state index contributed by atoms with van der Waals surface area (Å²) in [6.45, 7) is 13.4. The molecule has 2 N–H and O–H groups in total. The van der Waals surface area contributed by atoms with Gasteiger partial charge in [-0.3, -0.25) is 14.4 Å². The summed E-state index contributed by atoms with van der Waals surface area (Å²) in [5.41, 5.74) is 3.52. The van der Waals surface area contributed by atoms with Crippen molar-refractivity contribution in [1.29, 1.82) is 0 Å². The van der Waals surface area contributed by atoms with E-state index in [-0.39, 0.29) is 35.7 Å². The van der Waals surface area contributed by atoms with Crippen molar-refractivity contribution < 1.29 is 28.6 Å². The molecule has 0 saturated heterocycles. The molecule has 0 spiro atoms. The number of nitrogens with zero attached hydrogens (tertiary/aromatic N) is 2. The molecule has 1 unspecified atom stereocenters. The fourth-order valence-electron chi connectivity index (χ4n) is 7.56. The van der Waals surface area contributed by atoms with Crippen LogP contribution in [0.4, 0.5) is 0 Å². The number of carbonyl (C=O) groups excluding carboxylic acids is 3. The van der Waals surface area contributed by atoms with Crippen molar-refractivity contribution in [3.8, 4) is 17.2 Å². The first-order chi connectivity index (χ1) is 29.3. The molecule has 5 rings (SSSR count). The molecule has 5 aromatic carbocycles. The first-order valence-corrected chi connectivity index (χ1v) is 21.7. The molecule has 0 radical (unpaired) electrons. The molecule has 3 amide bonds. The second-order valence-electron chi connectivity index (χ2n) is 17.1. The molecule has 0 heterocycles. The summed E-state index contributed by atoms with van der Waals surface area (Å²) in [5, 5.41) is 11.7. The predicted molar refractivity (Wildman–Crippen MR) is 247 cm³/mol. The highest BCUT2D eigenvalue weighted by atomic mass is 16.5. The van der Waals surface area contributed by atoms with Crippen molar-refractivity contribution in [2.45, 2.75) is 92.3 Å². The van der Waals surface area contributed by atoms with Gasteiger partial charge in [0.2, 0.25) is 11.8 Å². The van der Waals surface area contributed by atoms with Gasteiger partial charge in [0.15, 0.2) is 0 Å². The van der Waals surface area contributed by atoms with E-state index in [0.717, 1.165) is 43.5 Å². The number of hydrogen-bond acceptors (Lipinski definition) is 7.